The van der Waals surface area contributed by atoms with Gasteiger partial charge < -0.3 is 20.3 Å². The van der Waals surface area contributed by atoms with Crippen LogP contribution in [0.5, 0.6) is 0 Å². The second-order valence-electron chi connectivity index (χ2n) is 6.98. The predicted molar refractivity (Wildman–Crippen MR) is 108 cm³/mol. The number of piperazine rings is 1. The number of benzene rings is 2. The van der Waals surface area contributed by atoms with Crippen molar-refractivity contribution in [3.63, 3.8) is 0 Å². The van der Waals surface area contributed by atoms with Crippen molar-refractivity contribution >= 4 is 12.0 Å². The normalized spacial score (nSPS) is 14.8. The van der Waals surface area contributed by atoms with E-state index in [-0.39, 0.29) is 18.6 Å². The fourth-order valence-corrected chi connectivity index (χ4v) is 3.26. The van der Waals surface area contributed by atoms with E-state index in [4.69, 9.17) is 15.7 Å². The van der Waals surface area contributed by atoms with E-state index in [0.717, 1.165) is 11.1 Å². The second-order valence-corrected chi connectivity index (χ2v) is 6.98. The van der Waals surface area contributed by atoms with Gasteiger partial charge >= 0.3 is 6.09 Å². The molecule has 2 N–H and O–H groups in total. The van der Waals surface area contributed by atoms with Gasteiger partial charge in [0, 0.05) is 26.2 Å². The Labute approximate surface area is 170 Å². The number of hydrogen-bond donors (Lipinski definition) is 1. The molecule has 7 heteroatoms. The third-order valence-corrected chi connectivity index (χ3v) is 4.88. The largest absolute Gasteiger partial charge is 0.445 e. The van der Waals surface area contributed by atoms with Crippen LogP contribution in [0.2, 0.25) is 0 Å². The van der Waals surface area contributed by atoms with Gasteiger partial charge in [-0.3, -0.25) is 4.79 Å². The lowest BCUT2D eigenvalue weighted by Crippen LogP contribution is -2.54. The molecule has 0 aromatic heterocycles. The Bertz CT molecular complexity index is 886. The summed E-state index contributed by atoms with van der Waals surface area (Å²) in [5, 5.41) is 8.98. The minimum atomic E-state index is -0.680. The molecular formula is C22H24N4O3. The minimum absolute atomic E-state index is 0.148. The van der Waals surface area contributed by atoms with E-state index in [1.54, 1.807) is 28.0 Å². The van der Waals surface area contributed by atoms with Crippen LogP contribution in [-0.4, -0.2) is 54.0 Å². The number of ether oxygens (including phenoxy) is 1. The summed E-state index contributed by atoms with van der Waals surface area (Å²) in [6.45, 7) is 1.90. The van der Waals surface area contributed by atoms with E-state index in [1.165, 1.54) is 0 Å². The molecule has 7 nitrogen and oxygen atoms in total. The van der Waals surface area contributed by atoms with Crippen LogP contribution in [0.25, 0.3) is 0 Å². The first-order valence-electron chi connectivity index (χ1n) is 9.56. The minimum Gasteiger partial charge on any atom is -0.445 e. The molecule has 0 radical (unpaired) electrons. The zero-order chi connectivity index (χ0) is 20.6. The highest BCUT2D eigenvalue weighted by molar-refractivity contribution is 5.82. The van der Waals surface area contributed by atoms with E-state index in [2.05, 4.69) is 6.07 Å². The van der Waals surface area contributed by atoms with Gasteiger partial charge in [-0.05, 0) is 29.7 Å². The Morgan fingerprint density at radius 3 is 2.34 bits per heavy atom. The number of rotatable bonds is 5. The van der Waals surface area contributed by atoms with E-state index >= 15 is 0 Å². The Morgan fingerprint density at radius 2 is 1.66 bits per heavy atom. The van der Waals surface area contributed by atoms with Crippen molar-refractivity contribution < 1.29 is 14.3 Å². The summed E-state index contributed by atoms with van der Waals surface area (Å²) >= 11 is 0. The molecule has 0 unspecified atom stereocenters. The standard InChI is InChI=1S/C22H24N4O3/c23-15-19-8-4-7-18(13-19)14-20(24)21(27)25-9-11-26(12-10-25)22(28)29-16-17-5-2-1-3-6-17/h1-8,13,20H,9-12,14,16,24H2/t20-/m0/s1. The Morgan fingerprint density at radius 1 is 1.00 bits per heavy atom. The zero-order valence-electron chi connectivity index (χ0n) is 16.2. The van der Waals surface area contributed by atoms with E-state index in [0.29, 0.717) is 38.2 Å². The lowest BCUT2D eigenvalue weighted by molar-refractivity contribution is -0.134. The maximum atomic E-state index is 12.6. The first kappa shape index (κ1) is 20.4. The van der Waals surface area contributed by atoms with Gasteiger partial charge in [-0.1, -0.05) is 42.5 Å². The van der Waals surface area contributed by atoms with Crippen LogP contribution >= 0.6 is 0 Å². The lowest BCUT2D eigenvalue weighted by Gasteiger charge is -2.35. The summed E-state index contributed by atoms with van der Waals surface area (Å²) in [7, 11) is 0. The number of nitriles is 1. The maximum Gasteiger partial charge on any atom is 0.410 e. The van der Waals surface area contributed by atoms with Gasteiger partial charge in [-0.25, -0.2) is 4.79 Å². The molecule has 1 fully saturated rings. The molecule has 0 saturated carbocycles. The molecular weight excluding hydrogens is 368 g/mol. The highest BCUT2D eigenvalue weighted by atomic mass is 16.6. The third-order valence-electron chi connectivity index (χ3n) is 4.88. The molecule has 1 heterocycles. The highest BCUT2D eigenvalue weighted by Gasteiger charge is 2.28. The van der Waals surface area contributed by atoms with Crippen molar-refractivity contribution in [1.82, 2.24) is 9.80 Å². The lowest BCUT2D eigenvalue weighted by atomic mass is 10.0. The molecule has 3 rings (SSSR count). The molecule has 2 aromatic carbocycles. The summed E-state index contributed by atoms with van der Waals surface area (Å²) in [6, 6.07) is 18.0. The highest BCUT2D eigenvalue weighted by Crippen LogP contribution is 2.11. The molecule has 1 aliphatic heterocycles. The molecule has 2 aromatic rings. The van der Waals surface area contributed by atoms with E-state index < -0.39 is 6.04 Å². The number of nitrogens with two attached hydrogens (primary N) is 1. The van der Waals surface area contributed by atoms with Gasteiger partial charge in [0.1, 0.15) is 6.61 Å². The summed E-state index contributed by atoms with van der Waals surface area (Å²) in [5.74, 6) is -0.148. The molecule has 0 spiro atoms. The molecule has 0 bridgehead atoms. The molecule has 2 amide bonds. The average Bonchev–Trinajstić information content (AvgIpc) is 2.78. The van der Waals surface area contributed by atoms with Crippen molar-refractivity contribution in [3.8, 4) is 6.07 Å². The number of amides is 2. The van der Waals surface area contributed by atoms with Gasteiger partial charge in [-0.2, -0.15) is 5.26 Å². The summed E-state index contributed by atoms with van der Waals surface area (Å²) in [4.78, 5) is 28.2. The number of carbonyl (C=O) groups is 2. The van der Waals surface area contributed by atoms with Crippen molar-refractivity contribution in [2.75, 3.05) is 26.2 Å². The van der Waals surface area contributed by atoms with Crippen LogP contribution in [0.1, 0.15) is 16.7 Å². The average molecular weight is 392 g/mol. The second kappa shape index (κ2) is 9.71. The van der Waals surface area contributed by atoms with Crippen molar-refractivity contribution in [3.05, 3.63) is 71.3 Å². The van der Waals surface area contributed by atoms with Crippen molar-refractivity contribution in [2.24, 2.45) is 5.73 Å². The first-order chi connectivity index (χ1) is 14.1. The number of carbonyl (C=O) groups excluding carboxylic acids is 2. The summed E-state index contributed by atoms with van der Waals surface area (Å²) in [5.41, 5.74) is 8.43. The number of nitrogens with zero attached hydrogens (tertiary/aromatic N) is 3. The van der Waals surface area contributed by atoms with Crippen LogP contribution in [0.15, 0.2) is 54.6 Å². The fourth-order valence-electron chi connectivity index (χ4n) is 3.26. The molecule has 1 aliphatic rings. The predicted octanol–water partition coefficient (Wildman–Crippen LogP) is 1.91. The SMILES string of the molecule is N#Cc1cccc(C[C@H](N)C(=O)N2CCN(C(=O)OCc3ccccc3)CC2)c1. The van der Waals surface area contributed by atoms with Crippen LogP contribution in [0.4, 0.5) is 4.79 Å². The van der Waals surface area contributed by atoms with Gasteiger partial charge in [0.25, 0.3) is 0 Å². The Balaban J connectivity index is 1.46. The number of hydrogen-bond acceptors (Lipinski definition) is 5. The van der Waals surface area contributed by atoms with Gasteiger partial charge in [0.05, 0.1) is 17.7 Å². The molecule has 0 aliphatic carbocycles. The Kier molecular flexibility index (Phi) is 6.82. The molecule has 150 valence electrons. The first-order valence-corrected chi connectivity index (χ1v) is 9.56. The third kappa shape index (κ3) is 5.56. The summed E-state index contributed by atoms with van der Waals surface area (Å²) < 4.78 is 5.34. The topological polar surface area (TPSA) is 99.7 Å². The van der Waals surface area contributed by atoms with Crippen LogP contribution in [-0.2, 0) is 22.6 Å². The van der Waals surface area contributed by atoms with E-state index in [1.807, 2.05) is 36.4 Å². The van der Waals surface area contributed by atoms with Gasteiger partial charge in [-0.15, -0.1) is 0 Å². The van der Waals surface area contributed by atoms with E-state index in [9.17, 15) is 9.59 Å². The van der Waals surface area contributed by atoms with Crippen LogP contribution in [0, 0.1) is 11.3 Å². The maximum absolute atomic E-state index is 12.6. The monoisotopic (exact) mass is 392 g/mol. The molecule has 1 atom stereocenters. The van der Waals surface area contributed by atoms with Crippen molar-refractivity contribution in [2.45, 2.75) is 19.1 Å². The molecule has 29 heavy (non-hydrogen) atoms. The summed E-state index contributed by atoms with van der Waals surface area (Å²) in [6.07, 6.45) is -0.00759. The fraction of sp³-hybridized carbons (Fsp3) is 0.318. The van der Waals surface area contributed by atoms with Gasteiger partial charge in [0.2, 0.25) is 5.91 Å². The zero-order valence-corrected chi connectivity index (χ0v) is 16.2. The van der Waals surface area contributed by atoms with Crippen LogP contribution < -0.4 is 5.73 Å². The Hall–Kier alpha value is -3.37. The molecule has 1 saturated heterocycles. The van der Waals surface area contributed by atoms with Crippen molar-refractivity contribution in [1.29, 1.82) is 5.26 Å². The quantitative estimate of drug-likeness (QED) is 0.838. The van der Waals surface area contributed by atoms with Gasteiger partial charge in [0.15, 0.2) is 0 Å². The smallest absolute Gasteiger partial charge is 0.410 e. The van der Waals surface area contributed by atoms with Crippen LogP contribution in [0.3, 0.4) is 0 Å².